The lowest BCUT2D eigenvalue weighted by atomic mass is 9.65. The van der Waals surface area contributed by atoms with E-state index in [-0.39, 0.29) is 0 Å². The number of rotatable bonds is 3. The highest BCUT2D eigenvalue weighted by molar-refractivity contribution is 6.19. The van der Waals surface area contributed by atoms with E-state index in [2.05, 4.69) is 217 Å². The van der Waals surface area contributed by atoms with Crippen LogP contribution < -0.4 is 4.90 Å². The second kappa shape index (κ2) is 12.1. The molecule has 2 aromatic heterocycles. The maximum Gasteiger partial charge on any atom is 0.159 e. The first-order valence-electron chi connectivity index (χ1n) is 21.6. The molecular weight excluding hydrogens is 753 g/mol. The predicted molar refractivity (Wildman–Crippen MR) is 258 cm³/mol. The molecule has 2 aliphatic rings. The van der Waals surface area contributed by atoms with Crippen molar-refractivity contribution in [3.63, 3.8) is 0 Å². The molecule has 10 aromatic carbocycles. The fourth-order valence-electron chi connectivity index (χ4n) is 11.7. The third-order valence-electron chi connectivity index (χ3n) is 14.1. The zero-order chi connectivity index (χ0) is 40.8. The summed E-state index contributed by atoms with van der Waals surface area (Å²) in [6, 6.07) is 72.4. The third-order valence-corrected chi connectivity index (χ3v) is 14.1. The summed E-state index contributed by atoms with van der Waals surface area (Å²) in [7, 11) is 0. The van der Waals surface area contributed by atoms with Crippen molar-refractivity contribution >= 4 is 82.4 Å². The van der Waals surface area contributed by atoms with Crippen molar-refractivity contribution in [2.75, 3.05) is 4.90 Å². The lowest BCUT2D eigenvalue weighted by molar-refractivity contribution is 0.669. The molecule has 290 valence electrons. The molecule has 0 saturated heterocycles. The molecule has 1 atom stereocenters. The van der Waals surface area contributed by atoms with Gasteiger partial charge in [-0.2, -0.15) is 0 Å². The number of aromatic nitrogens is 1. The minimum absolute atomic E-state index is 0.646. The van der Waals surface area contributed by atoms with Gasteiger partial charge in [-0.25, -0.2) is 0 Å². The summed E-state index contributed by atoms with van der Waals surface area (Å²) in [6.45, 7) is 4.42. The number of furan rings is 1. The van der Waals surface area contributed by atoms with Crippen LogP contribution in [0.5, 0.6) is 0 Å². The van der Waals surface area contributed by atoms with Gasteiger partial charge in [-0.1, -0.05) is 163 Å². The van der Waals surface area contributed by atoms with Crippen LogP contribution in [0.1, 0.15) is 33.4 Å². The molecule has 0 fully saturated rings. The average molecular weight is 791 g/mol. The van der Waals surface area contributed by atoms with E-state index in [0.29, 0.717) is 0 Å². The van der Waals surface area contributed by atoms with Gasteiger partial charge in [0, 0.05) is 32.6 Å². The van der Waals surface area contributed by atoms with Crippen LogP contribution in [0.3, 0.4) is 0 Å². The number of hydrogen-bond acceptors (Lipinski definition) is 2. The Balaban J connectivity index is 1.20. The molecule has 62 heavy (non-hydrogen) atoms. The fourth-order valence-corrected chi connectivity index (χ4v) is 11.7. The number of anilines is 3. The second-order valence-corrected chi connectivity index (χ2v) is 17.3. The summed E-state index contributed by atoms with van der Waals surface area (Å²) >= 11 is 0. The molecule has 3 heterocycles. The summed E-state index contributed by atoms with van der Waals surface area (Å²) in [5.74, 6) is 0. The number of hydrogen-bond donors (Lipinski definition) is 0. The van der Waals surface area contributed by atoms with E-state index in [4.69, 9.17) is 4.42 Å². The monoisotopic (exact) mass is 790 g/mol. The van der Waals surface area contributed by atoms with Crippen molar-refractivity contribution in [2.24, 2.45) is 0 Å². The second-order valence-electron chi connectivity index (χ2n) is 17.3. The van der Waals surface area contributed by atoms with Gasteiger partial charge >= 0.3 is 0 Å². The van der Waals surface area contributed by atoms with E-state index in [9.17, 15) is 0 Å². The van der Waals surface area contributed by atoms with E-state index in [1.54, 1.807) is 0 Å². The molecule has 0 amide bonds. The number of para-hydroxylation sites is 5. The van der Waals surface area contributed by atoms with Crippen LogP contribution >= 0.6 is 0 Å². The molecule has 1 spiro atoms. The van der Waals surface area contributed by atoms with Gasteiger partial charge < -0.3 is 13.9 Å². The highest BCUT2D eigenvalue weighted by Crippen LogP contribution is 2.64. The molecule has 3 heteroatoms. The third kappa shape index (κ3) is 4.15. The smallest absolute Gasteiger partial charge is 0.159 e. The van der Waals surface area contributed by atoms with Crippen LogP contribution in [0.15, 0.2) is 199 Å². The molecule has 14 rings (SSSR count). The lowest BCUT2D eigenvalue weighted by Gasteiger charge is -2.40. The van der Waals surface area contributed by atoms with Crippen molar-refractivity contribution in [3.05, 3.63) is 228 Å². The SMILES string of the molecule is Cc1ccc(N(c2cc3c(c4ccccc24)-c2c(ccc4ccccc24)C32c3ccccc3-n3c4ccccc4c4cccc2c43)c2cccc3c2oc2ccccc23)c(C)c1. The Morgan fingerprint density at radius 1 is 0.435 bits per heavy atom. The Bertz CT molecular complexity index is 3920. The van der Waals surface area contributed by atoms with Gasteiger partial charge in [0.2, 0.25) is 0 Å². The molecule has 0 saturated carbocycles. The summed E-state index contributed by atoms with van der Waals surface area (Å²) < 4.78 is 9.43. The Kier molecular flexibility index (Phi) is 6.63. The van der Waals surface area contributed by atoms with Gasteiger partial charge in [0.25, 0.3) is 0 Å². The molecule has 12 aromatic rings. The lowest BCUT2D eigenvalue weighted by Crippen LogP contribution is -2.33. The van der Waals surface area contributed by atoms with Gasteiger partial charge in [0.05, 0.1) is 33.5 Å². The van der Waals surface area contributed by atoms with Crippen molar-refractivity contribution in [1.29, 1.82) is 0 Å². The van der Waals surface area contributed by atoms with Gasteiger partial charge in [-0.3, -0.25) is 0 Å². The Morgan fingerprint density at radius 3 is 2.00 bits per heavy atom. The molecule has 1 aliphatic carbocycles. The average Bonchev–Trinajstić information content (AvgIpc) is 3.97. The van der Waals surface area contributed by atoms with E-state index >= 15 is 0 Å². The Labute approximate surface area is 358 Å². The first-order chi connectivity index (χ1) is 30.6. The van der Waals surface area contributed by atoms with Crippen molar-refractivity contribution in [2.45, 2.75) is 19.3 Å². The molecular formula is C59H38N2O. The Hall–Kier alpha value is -7.88. The maximum atomic E-state index is 6.89. The quantitative estimate of drug-likeness (QED) is 0.178. The zero-order valence-electron chi connectivity index (χ0n) is 34.3. The van der Waals surface area contributed by atoms with Crippen LogP contribution in [0.4, 0.5) is 17.1 Å². The molecule has 1 aliphatic heterocycles. The van der Waals surface area contributed by atoms with Crippen LogP contribution in [0.25, 0.3) is 82.1 Å². The highest BCUT2D eigenvalue weighted by Gasteiger charge is 2.52. The Morgan fingerprint density at radius 2 is 1.11 bits per heavy atom. The predicted octanol–water partition coefficient (Wildman–Crippen LogP) is 15.8. The van der Waals surface area contributed by atoms with Gasteiger partial charge in [0.1, 0.15) is 5.58 Å². The summed E-state index contributed by atoms with van der Waals surface area (Å²) in [5, 5.41) is 9.71. The van der Waals surface area contributed by atoms with Crippen LogP contribution in [0.2, 0.25) is 0 Å². The topological polar surface area (TPSA) is 21.3 Å². The molecule has 1 unspecified atom stereocenters. The van der Waals surface area contributed by atoms with Gasteiger partial charge in [-0.05, 0) is 105 Å². The normalized spacial score (nSPS) is 15.0. The summed E-state index contributed by atoms with van der Waals surface area (Å²) in [5.41, 5.74) is 18.3. The van der Waals surface area contributed by atoms with Crippen LogP contribution in [-0.2, 0) is 5.41 Å². The van der Waals surface area contributed by atoms with Crippen molar-refractivity contribution in [3.8, 4) is 16.8 Å². The highest BCUT2D eigenvalue weighted by atomic mass is 16.3. The van der Waals surface area contributed by atoms with Crippen molar-refractivity contribution in [1.82, 2.24) is 4.57 Å². The van der Waals surface area contributed by atoms with E-state index in [1.807, 2.05) is 0 Å². The minimum Gasteiger partial charge on any atom is -0.454 e. The molecule has 0 N–H and O–H groups in total. The van der Waals surface area contributed by atoms with E-state index in [1.165, 1.54) is 93.5 Å². The summed E-state index contributed by atoms with van der Waals surface area (Å²) in [4.78, 5) is 2.49. The number of fused-ring (bicyclic) bond motifs is 19. The first kappa shape index (κ1) is 33.9. The summed E-state index contributed by atoms with van der Waals surface area (Å²) in [6.07, 6.45) is 0. The zero-order valence-corrected chi connectivity index (χ0v) is 34.3. The number of benzene rings is 10. The number of nitrogens with zero attached hydrogens (tertiary/aromatic N) is 2. The molecule has 0 bridgehead atoms. The van der Waals surface area contributed by atoms with Crippen LogP contribution in [-0.4, -0.2) is 4.57 Å². The van der Waals surface area contributed by atoms with Crippen molar-refractivity contribution < 1.29 is 4.42 Å². The molecule has 0 radical (unpaired) electrons. The maximum absolute atomic E-state index is 6.89. The van der Waals surface area contributed by atoms with Crippen LogP contribution in [0, 0.1) is 13.8 Å². The van der Waals surface area contributed by atoms with E-state index in [0.717, 1.165) is 39.0 Å². The standard InChI is InChI=1S/C59H38N2O/c1-35-29-32-49(36(2)33-35)60(52-27-14-22-44-41-19-8-12-28-54(41)62-58(44)52)53-34-48-56(42-20-6-5-17-39(42)53)55-38-16-4-3-15-37(38)30-31-46(55)59(48)45-23-9-11-26-51(45)61-50-25-10-7-18-40(50)43-21-13-24-47(59)57(43)61/h3-34H,1-2H3. The number of aryl methyl sites for hydroxylation is 2. The van der Waals surface area contributed by atoms with Gasteiger partial charge in [0.15, 0.2) is 5.58 Å². The largest absolute Gasteiger partial charge is 0.454 e. The fraction of sp³-hybridized carbons (Fsp3) is 0.0508. The molecule has 3 nitrogen and oxygen atoms in total. The first-order valence-corrected chi connectivity index (χ1v) is 21.6. The van der Waals surface area contributed by atoms with E-state index < -0.39 is 5.41 Å². The van der Waals surface area contributed by atoms with Gasteiger partial charge in [-0.15, -0.1) is 0 Å². The minimum atomic E-state index is -0.646.